The molecule has 31 heavy (non-hydrogen) atoms. The average molecular weight is 459 g/mol. The maximum Gasteiger partial charge on any atom is 0.236 e. The molecule has 1 aliphatic heterocycles. The number of para-hydroxylation sites is 1. The van der Waals surface area contributed by atoms with Crippen LogP contribution < -0.4 is 4.90 Å². The van der Waals surface area contributed by atoms with Gasteiger partial charge in [0.15, 0.2) is 5.16 Å². The fraction of sp³-hybridized carbons (Fsp3) is 0.391. The number of hydrogen-bond acceptors (Lipinski definition) is 5. The van der Waals surface area contributed by atoms with Gasteiger partial charge in [0, 0.05) is 50.5 Å². The largest absolute Gasteiger partial charge is 0.383 e. The van der Waals surface area contributed by atoms with E-state index in [1.54, 1.807) is 7.11 Å². The molecule has 8 heteroatoms. The number of ether oxygens (including phenoxy) is 1. The number of thioether (sulfide) groups is 1. The van der Waals surface area contributed by atoms with E-state index in [0.717, 1.165) is 42.4 Å². The maximum absolute atomic E-state index is 13.1. The molecule has 1 fully saturated rings. The molecule has 3 aromatic rings. The molecule has 2 aromatic carbocycles. The van der Waals surface area contributed by atoms with Gasteiger partial charge < -0.3 is 19.1 Å². The molecule has 0 bridgehead atoms. The van der Waals surface area contributed by atoms with Crippen molar-refractivity contribution in [2.45, 2.75) is 23.9 Å². The zero-order valence-corrected chi connectivity index (χ0v) is 19.4. The van der Waals surface area contributed by atoms with Gasteiger partial charge in [-0.25, -0.2) is 4.98 Å². The first-order chi connectivity index (χ1) is 15.1. The lowest BCUT2D eigenvalue weighted by Gasteiger charge is -2.37. The molecule has 1 aliphatic rings. The summed E-state index contributed by atoms with van der Waals surface area (Å²) < 4.78 is 7.38. The molecule has 4 rings (SSSR count). The first-order valence-electron chi connectivity index (χ1n) is 10.5. The second kappa shape index (κ2) is 9.94. The zero-order valence-electron chi connectivity index (χ0n) is 17.8. The van der Waals surface area contributed by atoms with Crippen LogP contribution in [0.4, 0.5) is 5.69 Å². The number of rotatable bonds is 7. The SMILES string of the molecule is COCCn1c(SC(C)C(=O)N2CCN(c3ccccc3)CC2)nc2cc(Cl)ccc21. The van der Waals surface area contributed by atoms with E-state index in [0.29, 0.717) is 18.2 Å². The summed E-state index contributed by atoms with van der Waals surface area (Å²) >= 11 is 7.65. The highest BCUT2D eigenvalue weighted by Gasteiger charge is 2.27. The second-order valence-electron chi connectivity index (χ2n) is 7.58. The first-order valence-corrected chi connectivity index (χ1v) is 11.7. The van der Waals surface area contributed by atoms with E-state index in [2.05, 4.69) is 33.7 Å². The third kappa shape index (κ3) is 5.00. The topological polar surface area (TPSA) is 50.6 Å². The van der Waals surface area contributed by atoms with Crippen LogP contribution >= 0.6 is 23.4 Å². The first kappa shape index (κ1) is 22.0. The minimum atomic E-state index is -0.225. The number of halogens is 1. The molecule has 0 radical (unpaired) electrons. The lowest BCUT2D eigenvalue weighted by Crippen LogP contribution is -2.50. The van der Waals surface area contributed by atoms with Crippen LogP contribution in [0.25, 0.3) is 11.0 Å². The predicted molar refractivity (Wildman–Crippen MR) is 127 cm³/mol. The van der Waals surface area contributed by atoms with Gasteiger partial charge in [0.2, 0.25) is 5.91 Å². The van der Waals surface area contributed by atoms with Crippen LogP contribution in [0.2, 0.25) is 5.02 Å². The summed E-state index contributed by atoms with van der Waals surface area (Å²) in [7, 11) is 1.68. The van der Waals surface area contributed by atoms with Gasteiger partial charge in [0.1, 0.15) is 0 Å². The number of carbonyl (C=O) groups is 1. The monoisotopic (exact) mass is 458 g/mol. The van der Waals surface area contributed by atoms with Crippen LogP contribution in [0.5, 0.6) is 0 Å². The quantitative estimate of drug-likeness (QED) is 0.497. The summed E-state index contributed by atoms with van der Waals surface area (Å²) in [5, 5.41) is 1.25. The van der Waals surface area contributed by atoms with Crippen LogP contribution in [-0.4, -0.2) is 65.5 Å². The Labute approximate surface area is 192 Å². The van der Waals surface area contributed by atoms with Crippen molar-refractivity contribution in [3.63, 3.8) is 0 Å². The molecule has 1 atom stereocenters. The molecule has 1 saturated heterocycles. The molecular formula is C23H27ClN4O2S. The van der Waals surface area contributed by atoms with E-state index < -0.39 is 0 Å². The molecule has 1 amide bonds. The van der Waals surface area contributed by atoms with Crippen molar-refractivity contribution in [1.82, 2.24) is 14.5 Å². The van der Waals surface area contributed by atoms with Gasteiger partial charge in [0.25, 0.3) is 0 Å². The van der Waals surface area contributed by atoms with Gasteiger partial charge in [-0.3, -0.25) is 4.79 Å². The molecule has 0 aliphatic carbocycles. The molecule has 1 unspecified atom stereocenters. The normalized spacial score (nSPS) is 15.5. The zero-order chi connectivity index (χ0) is 21.8. The van der Waals surface area contributed by atoms with E-state index in [1.165, 1.54) is 17.4 Å². The Balaban J connectivity index is 1.43. The summed E-state index contributed by atoms with van der Waals surface area (Å²) in [6, 6.07) is 16.1. The van der Waals surface area contributed by atoms with Gasteiger partial charge in [-0.2, -0.15) is 0 Å². The Hall–Kier alpha value is -2.22. The highest BCUT2D eigenvalue weighted by Crippen LogP contribution is 2.30. The van der Waals surface area contributed by atoms with Crippen molar-refractivity contribution < 1.29 is 9.53 Å². The van der Waals surface area contributed by atoms with Crippen LogP contribution in [0, 0.1) is 0 Å². The molecule has 0 N–H and O–H groups in total. The van der Waals surface area contributed by atoms with Crippen molar-refractivity contribution in [3.8, 4) is 0 Å². The van der Waals surface area contributed by atoms with Crippen LogP contribution in [0.15, 0.2) is 53.7 Å². The van der Waals surface area contributed by atoms with Gasteiger partial charge in [-0.05, 0) is 37.3 Å². The third-order valence-electron chi connectivity index (χ3n) is 5.54. The smallest absolute Gasteiger partial charge is 0.236 e. The highest BCUT2D eigenvalue weighted by atomic mass is 35.5. The van der Waals surface area contributed by atoms with Crippen molar-refractivity contribution >= 4 is 46.0 Å². The number of nitrogens with zero attached hydrogens (tertiary/aromatic N) is 4. The Bertz CT molecular complexity index is 1030. The standard InChI is InChI=1S/C23H27ClN4O2S/c1-17(22(29)27-12-10-26(11-13-27)19-6-4-3-5-7-19)31-23-25-20-16-18(24)8-9-21(20)28(23)14-15-30-2/h3-9,16-17H,10-15H2,1-2H3. The molecular weight excluding hydrogens is 432 g/mol. The number of piperazine rings is 1. The van der Waals surface area contributed by atoms with Crippen molar-refractivity contribution in [2.24, 2.45) is 0 Å². The van der Waals surface area contributed by atoms with Gasteiger partial charge in [-0.1, -0.05) is 41.6 Å². The van der Waals surface area contributed by atoms with Gasteiger partial charge >= 0.3 is 0 Å². The number of amides is 1. The fourth-order valence-electron chi connectivity index (χ4n) is 3.86. The average Bonchev–Trinajstić information content (AvgIpc) is 3.13. The molecule has 0 saturated carbocycles. The van der Waals surface area contributed by atoms with Crippen LogP contribution in [0.3, 0.4) is 0 Å². The predicted octanol–water partition coefficient (Wildman–Crippen LogP) is 4.17. The third-order valence-corrected chi connectivity index (χ3v) is 6.85. The number of methoxy groups -OCH3 is 1. The summed E-state index contributed by atoms with van der Waals surface area (Å²) in [4.78, 5) is 22.2. The van der Waals surface area contributed by atoms with Crippen LogP contribution in [-0.2, 0) is 16.1 Å². The van der Waals surface area contributed by atoms with E-state index >= 15 is 0 Å². The number of hydrogen-bond donors (Lipinski definition) is 0. The fourth-order valence-corrected chi connectivity index (χ4v) is 5.06. The summed E-state index contributed by atoms with van der Waals surface area (Å²) in [6.07, 6.45) is 0. The summed E-state index contributed by atoms with van der Waals surface area (Å²) in [6.45, 7) is 6.36. The van der Waals surface area contributed by atoms with E-state index in [9.17, 15) is 4.79 Å². The van der Waals surface area contributed by atoms with E-state index in [1.807, 2.05) is 36.1 Å². The van der Waals surface area contributed by atoms with Crippen molar-refractivity contribution in [2.75, 3.05) is 44.8 Å². The summed E-state index contributed by atoms with van der Waals surface area (Å²) in [5.74, 6) is 0.154. The Morgan fingerprint density at radius 1 is 1.16 bits per heavy atom. The van der Waals surface area contributed by atoms with E-state index in [4.69, 9.17) is 21.3 Å². The second-order valence-corrected chi connectivity index (χ2v) is 9.32. The Morgan fingerprint density at radius 2 is 1.90 bits per heavy atom. The minimum Gasteiger partial charge on any atom is -0.383 e. The summed E-state index contributed by atoms with van der Waals surface area (Å²) in [5.41, 5.74) is 3.05. The molecule has 164 valence electrons. The van der Waals surface area contributed by atoms with Gasteiger partial charge in [0.05, 0.1) is 22.9 Å². The number of anilines is 1. The van der Waals surface area contributed by atoms with Crippen molar-refractivity contribution in [1.29, 1.82) is 0 Å². The number of fused-ring (bicyclic) bond motifs is 1. The number of carbonyl (C=O) groups excluding carboxylic acids is 1. The minimum absolute atomic E-state index is 0.154. The lowest BCUT2D eigenvalue weighted by atomic mass is 10.2. The van der Waals surface area contributed by atoms with Crippen molar-refractivity contribution in [3.05, 3.63) is 53.6 Å². The number of imidazole rings is 1. The highest BCUT2D eigenvalue weighted by molar-refractivity contribution is 8.00. The molecule has 6 nitrogen and oxygen atoms in total. The van der Waals surface area contributed by atoms with E-state index in [-0.39, 0.29) is 11.2 Å². The van der Waals surface area contributed by atoms with Gasteiger partial charge in [-0.15, -0.1) is 0 Å². The maximum atomic E-state index is 13.1. The number of benzene rings is 2. The molecule has 1 aromatic heterocycles. The van der Waals surface area contributed by atoms with Crippen LogP contribution in [0.1, 0.15) is 6.92 Å². The lowest BCUT2D eigenvalue weighted by molar-refractivity contribution is -0.130. The Morgan fingerprint density at radius 3 is 2.61 bits per heavy atom. The Kier molecular flexibility index (Phi) is 7.05. The molecule has 0 spiro atoms. The number of aromatic nitrogens is 2. The molecule has 2 heterocycles.